The van der Waals surface area contributed by atoms with E-state index in [0.717, 1.165) is 51.4 Å². The summed E-state index contributed by atoms with van der Waals surface area (Å²) in [5.41, 5.74) is 0. The molecule has 1 heterocycles. The molecule has 16 heteroatoms. The molecular formula is C33H62N2O14. The quantitative estimate of drug-likeness (QED) is 0.0527. The lowest BCUT2D eigenvalue weighted by Crippen LogP contribution is -2.59. The van der Waals surface area contributed by atoms with Crippen LogP contribution in [-0.4, -0.2) is 155 Å². The number of Topliss-reactive ketones (excluding diaryl/α,β-unsaturated/α-hetero) is 1. The van der Waals surface area contributed by atoms with Gasteiger partial charge in [0.05, 0.1) is 59.5 Å². The van der Waals surface area contributed by atoms with E-state index in [9.17, 15) is 34.8 Å². The fraction of sp³-hybridized carbons (Fsp3) is 0.909. The zero-order valence-electron chi connectivity index (χ0n) is 29.2. The van der Waals surface area contributed by atoms with E-state index in [1.807, 2.05) is 0 Å². The molecule has 0 bridgehead atoms. The average Bonchev–Trinajstić information content (AvgIpc) is 3.09. The van der Waals surface area contributed by atoms with E-state index in [4.69, 9.17) is 33.2 Å². The number of aliphatic hydroxyl groups is 4. The van der Waals surface area contributed by atoms with Crippen molar-refractivity contribution in [2.75, 3.05) is 85.8 Å². The molecule has 1 aliphatic rings. The Labute approximate surface area is 290 Å². The van der Waals surface area contributed by atoms with Gasteiger partial charge in [-0.05, 0) is 45.4 Å². The molecule has 2 unspecified atom stereocenters. The summed E-state index contributed by atoms with van der Waals surface area (Å²) in [6.45, 7) is 6.05. The van der Waals surface area contributed by atoms with Gasteiger partial charge in [-0.3, -0.25) is 9.59 Å². The number of carbonyl (C=O) groups excluding carboxylic acids is 3. The van der Waals surface area contributed by atoms with E-state index in [0.29, 0.717) is 85.2 Å². The smallest absolute Gasteiger partial charge is 0.407 e. The van der Waals surface area contributed by atoms with E-state index in [1.165, 1.54) is 0 Å². The first-order valence-electron chi connectivity index (χ1n) is 17.7. The number of hydrogen-bond acceptors (Lipinski definition) is 14. The van der Waals surface area contributed by atoms with E-state index in [1.54, 1.807) is 6.92 Å². The van der Waals surface area contributed by atoms with Crippen LogP contribution in [-0.2, 0) is 42.7 Å². The minimum atomic E-state index is -1.49. The first-order chi connectivity index (χ1) is 23.8. The van der Waals surface area contributed by atoms with Crippen molar-refractivity contribution in [2.45, 2.75) is 108 Å². The number of aliphatic hydroxyl groups excluding tert-OH is 4. The van der Waals surface area contributed by atoms with Crippen LogP contribution in [0.4, 0.5) is 4.79 Å². The number of rotatable bonds is 32. The van der Waals surface area contributed by atoms with Crippen molar-refractivity contribution in [3.63, 3.8) is 0 Å². The minimum absolute atomic E-state index is 0.0263. The third kappa shape index (κ3) is 23.9. The number of ketones is 1. The van der Waals surface area contributed by atoms with Gasteiger partial charge in [-0.2, -0.15) is 0 Å². The fourth-order valence-corrected chi connectivity index (χ4v) is 4.74. The van der Waals surface area contributed by atoms with Gasteiger partial charge >= 0.3 is 6.09 Å². The number of carbonyl (C=O) groups is 3. The van der Waals surface area contributed by atoms with Crippen LogP contribution in [0.2, 0.25) is 0 Å². The molecule has 0 aromatic rings. The summed E-state index contributed by atoms with van der Waals surface area (Å²) in [5.74, 6) is 0.244. The van der Waals surface area contributed by atoms with Crippen LogP contribution in [0.1, 0.15) is 77.6 Å². The Morgan fingerprint density at radius 3 is 1.86 bits per heavy atom. The van der Waals surface area contributed by atoms with E-state index < -0.39 is 43.4 Å². The Balaban J connectivity index is 1.78. The lowest BCUT2D eigenvalue weighted by Gasteiger charge is -2.39. The molecule has 0 aromatic heterocycles. The number of unbranched alkanes of at least 4 members (excludes halogenated alkanes) is 5. The molecule has 6 N–H and O–H groups in total. The second kappa shape index (κ2) is 30.8. The molecule has 1 aliphatic heterocycles. The molecule has 49 heavy (non-hydrogen) atoms. The largest absolute Gasteiger partial charge is 0.450 e. The zero-order valence-corrected chi connectivity index (χ0v) is 29.2. The zero-order chi connectivity index (χ0) is 36.0. The van der Waals surface area contributed by atoms with Crippen LogP contribution in [0.5, 0.6) is 0 Å². The lowest BCUT2D eigenvalue weighted by molar-refractivity contribution is -0.302. The van der Waals surface area contributed by atoms with Gasteiger partial charge < -0.3 is 64.2 Å². The van der Waals surface area contributed by atoms with Gasteiger partial charge in [0.25, 0.3) is 0 Å². The second-order valence-electron chi connectivity index (χ2n) is 11.6. The highest BCUT2D eigenvalue weighted by molar-refractivity contribution is 5.78. The predicted molar refractivity (Wildman–Crippen MR) is 177 cm³/mol. The van der Waals surface area contributed by atoms with Gasteiger partial charge in [0, 0.05) is 45.6 Å². The summed E-state index contributed by atoms with van der Waals surface area (Å²) >= 11 is 0. The van der Waals surface area contributed by atoms with Gasteiger partial charge in [-0.1, -0.05) is 12.8 Å². The number of alkyl carbamates (subject to hydrolysis) is 1. The molecule has 1 saturated heterocycles. The number of nitrogens with one attached hydrogen (secondary N) is 2. The van der Waals surface area contributed by atoms with Crippen molar-refractivity contribution >= 4 is 17.8 Å². The first kappa shape index (κ1) is 45.0. The number of amides is 2. The van der Waals surface area contributed by atoms with Crippen molar-refractivity contribution in [1.82, 2.24) is 10.6 Å². The Morgan fingerprint density at radius 2 is 1.18 bits per heavy atom. The summed E-state index contributed by atoms with van der Waals surface area (Å²) in [5, 5.41) is 44.1. The molecular weight excluding hydrogens is 648 g/mol. The summed E-state index contributed by atoms with van der Waals surface area (Å²) in [4.78, 5) is 35.1. The summed E-state index contributed by atoms with van der Waals surface area (Å²) in [6.07, 6.45) is 1.38. The molecule has 0 aromatic carbocycles. The molecule has 16 nitrogen and oxygen atoms in total. The van der Waals surface area contributed by atoms with Gasteiger partial charge in [-0.15, -0.1) is 0 Å². The SMILES string of the molecule is CCOC(=O)NCCCCCC(=O)CCCCOCCOCCCCCC(=O)NCCOCCOCCO[C@H]1OC(CO)[C@@H](O)[C@H](O)C1O. The van der Waals surface area contributed by atoms with Gasteiger partial charge in [0.1, 0.15) is 30.2 Å². The van der Waals surface area contributed by atoms with Crippen LogP contribution >= 0.6 is 0 Å². The monoisotopic (exact) mass is 710 g/mol. The molecule has 2 amide bonds. The highest BCUT2D eigenvalue weighted by Gasteiger charge is 2.43. The van der Waals surface area contributed by atoms with Crippen molar-refractivity contribution in [3.8, 4) is 0 Å². The van der Waals surface area contributed by atoms with Gasteiger partial charge in [0.2, 0.25) is 5.91 Å². The molecule has 288 valence electrons. The molecule has 0 radical (unpaired) electrons. The highest BCUT2D eigenvalue weighted by Crippen LogP contribution is 2.21. The summed E-state index contributed by atoms with van der Waals surface area (Å²) in [6, 6.07) is 0. The van der Waals surface area contributed by atoms with Crippen molar-refractivity contribution in [1.29, 1.82) is 0 Å². The standard InChI is InChI=1S/C33H62N2O14/c1-2-47-33(42)35-14-8-3-5-11-26(37)12-7-10-17-44-20-19-43-16-9-4-6-13-28(38)34-15-18-45-21-22-46-23-24-48-32-31(41)30(40)29(39)27(25-36)49-32/h27,29-32,36,39-41H,2-25H2,1H3,(H,34,38)(H,35,42)/t27?,29-,30+,31?,32+/m1/s1. The third-order valence-electron chi connectivity index (χ3n) is 7.53. The topological polar surface area (TPSA) is 221 Å². The van der Waals surface area contributed by atoms with Crippen LogP contribution in [0.15, 0.2) is 0 Å². The predicted octanol–water partition coefficient (Wildman–Crippen LogP) is 0.592. The molecule has 5 atom stereocenters. The fourth-order valence-electron chi connectivity index (χ4n) is 4.74. The Bertz CT molecular complexity index is 837. The summed E-state index contributed by atoms with van der Waals surface area (Å²) in [7, 11) is 0. The Morgan fingerprint density at radius 1 is 0.612 bits per heavy atom. The third-order valence-corrected chi connectivity index (χ3v) is 7.53. The summed E-state index contributed by atoms with van der Waals surface area (Å²) < 4.78 is 37.3. The Kier molecular flexibility index (Phi) is 28.3. The van der Waals surface area contributed by atoms with Crippen molar-refractivity contribution in [2.24, 2.45) is 0 Å². The normalized spacial score (nSPS) is 20.6. The highest BCUT2D eigenvalue weighted by atomic mass is 16.7. The van der Waals surface area contributed by atoms with Crippen LogP contribution in [0.3, 0.4) is 0 Å². The van der Waals surface area contributed by atoms with Crippen LogP contribution in [0, 0.1) is 0 Å². The van der Waals surface area contributed by atoms with Gasteiger partial charge in [0.15, 0.2) is 6.29 Å². The maximum absolute atomic E-state index is 12.0. The maximum Gasteiger partial charge on any atom is 0.407 e. The first-order valence-corrected chi connectivity index (χ1v) is 17.7. The van der Waals surface area contributed by atoms with E-state index in [-0.39, 0.29) is 24.9 Å². The number of hydrogen-bond donors (Lipinski definition) is 6. The molecule has 0 aliphatic carbocycles. The average molecular weight is 711 g/mol. The molecule has 1 fully saturated rings. The van der Waals surface area contributed by atoms with Crippen molar-refractivity contribution < 1.29 is 68.0 Å². The van der Waals surface area contributed by atoms with Gasteiger partial charge in [-0.25, -0.2) is 4.79 Å². The van der Waals surface area contributed by atoms with Crippen molar-refractivity contribution in [3.05, 3.63) is 0 Å². The van der Waals surface area contributed by atoms with E-state index in [2.05, 4.69) is 10.6 Å². The van der Waals surface area contributed by atoms with Crippen LogP contribution < -0.4 is 10.6 Å². The molecule has 0 saturated carbocycles. The van der Waals surface area contributed by atoms with Crippen LogP contribution in [0.25, 0.3) is 0 Å². The molecule has 1 rings (SSSR count). The second-order valence-corrected chi connectivity index (χ2v) is 11.6. The minimum Gasteiger partial charge on any atom is -0.450 e. The Hall–Kier alpha value is -1.99. The lowest BCUT2D eigenvalue weighted by atomic mass is 9.99. The number of ether oxygens (including phenoxy) is 7. The molecule has 0 spiro atoms. The maximum atomic E-state index is 12.0. The van der Waals surface area contributed by atoms with E-state index >= 15 is 0 Å².